The molecule has 0 aromatic carbocycles. The van der Waals surface area contributed by atoms with Gasteiger partial charge in [0.2, 0.25) is 5.91 Å². The number of nitrogens with zero attached hydrogens (tertiary/aromatic N) is 4. The van der Waals surface area contributed by atoms with Crippen molar-refractivity contribution < 1.29 is 13.6 Å². The summed E-state index contributed by atoms with van der Waals surface area (Å²) in [5, 5.41) is 7.79. The second kappa shape index (κ2) is 7.23. The van der Waals surface area contributed by atoms with Crippen LogP contribution in [-0.4, -0.2) is 25.2 Å². The Hall–Kier alpha value is -2.77. The standard InChI is InChI=1S/C18H21F2N5O/c1-11(2)25-15(9-12(3)23-25)22-16(26)6-8-24-14(17(19)20)10-13-5-4-7-21-18(13)24/h4-5,7,9-11,17H,6,8H2,1-3H3,(H,22,26). The fraction of sp³-hybridized carbons (Fsp3) is 0.389. The first-order chi connectivity index (χ1) is 12.4. The first kappa shape index (κ1) is 18.0. The van der Waals surface area contributed by atoms with Crippen LogP contribution in [0.3, 0.4) is 0 Å². The minimum absolute atomic E-state index is 0.0579. The number of aryl methyl sites for hydroxylation is 2. The van der Waals surface area contributed by atoms with E-state index in [1.54, 1.807) is 29.1 Å². The summed E-state index contributed by atoms with van der Waals surface area (Å²) in [6.07, 6.45) is -1.02. The largest absolute Gasteiger partial charge is 0.324 e. The average Bonchev–Trinajstić information content (AvgIpc) is 3.13. The van der Waals surface area contributed by atoms with Crippen molar-refractivity contribution in [3.8, 4) is 0 Å². The molecule has 1 N–H and O–H groups in total. The number of carbonyl (C=O) groups is 1. The van der Waals surface area contributed by atoms with E-state index >= 15 is 0 Å². The summed E-state index contributed by atoms with van der Waals surface area (Å²) in [6.45, 7) is 5.91. The summed E-state index contributed by atoms with van der Waals surface area (Å²) in [7, 11) is 0. The molecular weight excluding hydrogens is 340 g/mol. The maximum Gasteiger partial charge on any atom is 0.278 e. The fourth-order valence-corrected chi connectivity index (χ4v) is 2.95. The molecule has 3 aromatic rings. The molecule has 0 atom stereocenters. The molecule has 3 heterocycles. The van der Waals surface area contributed by atoms with E-state index in [0.29, 0.717) is 16.9 Å². The second-order valence-corrected chi connectivity index (χ2v) is 6.45. The first-order valence-corrected chi connectivity index (χ1v) is 8.45. The Morgan fingerprint density at radius 1 is 1.31 bits per heavy atom. The van der Waals surface area contributed by atoms with Crippen LogP contribution in [0.5, 0.6) is 0 Å². The molecule has 0 saturated carbocycles. The summed E-state index contributed by atoms with van der Waals surface area (Å²) >= 11 is 0. The highest BCUT2D eigenvalue weighted by Crippen LogP contribution is 2.26. The molecule has 1 amide bonds. The zero-order chi connectivity index (χ0) is 18.8. The van der Waals surface area contributed by atoms with Gasteiger partial charge >= 0.3 is 0 Å². The molecule has 6 nitrogen and oxygen atoms in total. The third kappa shape index (κ3) is 3.58. The summed E-state index contributed by atoms with van der Waals surface area (Å²) < 4.78 is 29.8. The van der Waals surface area contributed by atoms with Gasteiger partial charge in [0.1, 0.15) is 11.5 Å². The molecule has 0 aliphatic rings. The summed E-state index contributed by atoms with van der Waals surface area (Å²) in [5.74, 6) is 0.344. The molecule has 0 aliphatic heterocycles. The quantitative estimate of drug-likeness (QED) is 0.719. The van der Waals surface area contributed by atoms with Crippen LogP contribution in [0.2, 0.25) is 0 Å². The maximum absolute atomic E-state index is 13.3. The van der Waals surface area contributed by atoms with Crippen LogP contribution in [0.1, 0.15) is 44.1 Å². The molecule has 0 saturated heterocycles. The van der Waals surface area contributed by atoms with E-state index < -0.39 is 6.43 Å². The van der Waals surface area contributed by atoms with Crippen LogP contribution in [-0.2, 0) is 11.3 Å². The molecule has 3 rings (SSSR count). The van der Waals surface area contributed by atoms with Gasteiger partial charge in [-0.05, 0) is 39.0 Å². The summed E-state index contributed by atoms with van der Waals surface area (Å²) in [4.78, 5) is 16.5. The molecule has 0 aliphatic carbocycles. The lowest BCUT2D eigenvalue weighted by molar-refractivity contribution is -0.116. The van der Waals surface area contributed by atoms with Crippen molar-refractivity contribution in [3.63, 3.8) is 0 Å². The van der Waals surface area contributed by atoms with E-state index in [4.69, 9.17) is 0 Å². The Kier molecular flexibility index (Phi) is 5.01. The molecular formula is C18H21F2N5O. The number of rotatable bonds is 6. The van der Waals surface area contributed by atoms with Gasteiger partial charge in [-0.2, -0.15) is 5.10 Å². The van der Waals surface area contributed by atoms with Gasteiger partial charge in [-0.3, -0.25) is 4.79 Å². The van der Waals surface area contributed by atoms with Crippen molar-refractivity contribution in [2.24, 2.45) is 0 Å². The Balaban J connectivity index is 1.76. The first-order valence-electron chi connectivity index (χ1n) is 8.45. The molecule has 138 valence electrons. The number of carbonyl (C=O) groups excluding carboxylic acids is 1. The Bertz CT molecular complexity index is 929. The summed E-state index contributed by atoms with van der Waals surface area (Å²) in [6, 6.07) is 6.73. The van der Waals surface area contributed by atoms with Crippen LogP contribution in [0, 0.1) is 6.92 Å². The molecule has 0 fully saturated rings. The smallest absolute Gasteiger partial charge is 0.278 e. The van der Waals surface area contributed by atoms with Gasteiger partial charge in [0.25, 0.3) is 6.43 Å². The molecule has 8 heteroatoms. The third-order valence-corrected chi connectivity index (χ3v) is 4.09. The monoisotopic (exact) mass is 361 g/mol. The van der Waals surface area contributed by atoms with Gasteiger partial charge in [0.15, 0.2) is 0 Å². The molecule has 3 aromatic heterocycles. The van der Waals surface area contributed by atoms with E-state index in [0.717, 1.165) is 5.69 Å². The predicted octanol–water partition coefficient (Wildman–Crippen LogP) is 4.09. The minimum atomic E-state index is -2.63. The van der Waals surface area contributed by atoms with Gasteiger partial charge in [-0.15, -0.1) is 0 Å². The lowest BCUT2D eigenvalue weighted by atomic mass is 10.3. The lowest BCUT2D eigenvalue weighted by Gasteiger charge is -2.13. The number of alkyl halides is 2. The zero-order valence-electron chi connectivity index (χ0n) is 14.9. The molecule has 0 bridgehead atoms. The van der Waals surface area contributed by atoms with Crippen molar-refractivity contribution in [2.75, 3.05) is 5.32 Å². The van der Waals surface area contributed by atoms with Crippen molar-refractivity contribution in [3.05, 3.63) is 41.9 Å². The van der Waals surface area contributed by atoms with Crippen LogP contribution >= 0.6 is 0 Å². The lowest BCUT2D eigenvalue weighted by Crippen LogP contribution is -2.18. The van der Waals surface area contributed by atoms with Crippen molar-refractivity contribution >= 4 is 22.8 Å². The number of fused-ring (bicyclic) bond motifs is 1. The summed E-state index contributed by atoms with van der Waals surface area (Å²) in [5.41, 5.74) is 1.13. The number of aromatic nitrogens is 4. The van der Waals surface area contributed by atoms with E-state index in [1.807, 2.05) is 20.8 Å². The zero-order valence-corrected chi connectivity index (χ0v) is 14.9. The SMILES string of the molecule is Cc1cc(NC(=O)CCn2c(C(F)F)cc3cccnc32)n(C(C)C)n1. The Labute approximate surface area is 149 Å². The van der Waals surface area contributed by atoms with E-state index in [9.17, 15) is 13.6 Å². The number of amides is 1. The molecule has 0 spiro atoms. The van der Waals surface area contributed by atoms with Gasteiger partial charge < -0.3 is 9.88 Å². The van der Waals surface area contributed by atoms with E-state index in [-0.39, 0.29) is 30.6 Å². The van der Waals surface area contributed by atoms with Gasteiger partial charge in [0, 0.05) is 36.7 Å². The number of nitrogens with one attached hydrogen (secondary N) is 1. The predicted molar refractivity (Wildman–Crippen MR) is 95.3 cm³/mol. The maximum atomic E-state index is 13.3. The molecule has 26 heavy (non-hydrogen) atoms. The second-order valence-electron chi connectivity index (χ2n) is 6.45. The Morgan fingerprint density at radius 2 is 2.08 bits per heavy atom. The normalized spacial score (nSPS) is 11.7. The molecule has 0 unspecified atom stereocenters. The number of halogens is 2. The fourth-order valence-electron chi connectivity index (χ4n) is 2.95. The highest BCUT2D eigenvalue weighted by Gasteiger charge is 2.18. The van der Waals surface area contributed by atoms with E-state index in [2.05, 4.69) is 15.4 Å². The van der Waals surface area contributed by atoms with Crippen molar-refractivity contribution in [2.45, 2.75) is 46.2 Å². The number of anilines is 1. The number of hydrogen-bond acceptors (Lipinski definition) is 3. The van der Waals surface area contributed by atoms with Crippen LogP contribution < -0.4 is 5.32 Å². The minimum Gasteiger partial charge on any atom is -0.324 e. The van der Waals surface area contributed by atoms with Gasteiger partial charge in [0.05, 0.1) is 11.4 Å². The van der Waals surface area contributed by atoms with Crippen molar-refractivity contribution in [1.82, 2.24) is 19.3 Å². The van der Waals surface area contributed by atoms with Crippen molar-refractivity contribution in [1.29, 1.82) is 0 Å². The van der Waals surface area contributed by atoms with Crippen LogP contribution in [0.15, 0.2) is 30.5 Å². The number of pyridine rings is 1. The third-order valence-electron chi connectivity index (χ3n) is 4.09. The van der Waals surface area contributed by atoms with Crippen LogP contribution in [0.25, 0.3) is 11.0 Å². The Morgan fingerprint density at radius 3 is 2.77 bits per heavy atom. The highest BCUT2D eigenvalue weighted by atomic mass is 19.3. The van der Waals surface area contributed by atoms with Crippen LogP contribution in [0.4, 0.5) is 14.6 Å². The van der Waals surface area contributed by atoms with E-state index in [1.165, 1.54) is 10.6 Å². The van der Waals surface area contributed by atoms with Gasteiger partial charge in [-0.25, -0.2) is 18.4 Å². The average molecular weight is 361 g/mol. The topological polar surface area (TPSA) is 64.7 Å². The molecule has 0 radical (unpaired) electrons. The highest BCUT2D eigenvalue weighted by molar-refractivity contribution is 5.90. The number of hydrogen-bond donors (Lipinski definition) is 1. The van der Waals surface area contributed by atoms with Gasteiger partial charge in [-0.1, -0.05) is 0 Å².